The molecule has 0 saturated heterocycles. The maximum absolute atomic E-state index is 9.14. The molecule has 0 aromatic carbocycles. The maximum atomic E-state index is 9.14. The molecular formula is C9H9MgNaO6. The van der Waals surface area contributed by atoms with Crippen LogP contribution in [-0.4, -0.2) is 41.0 Å². The average molecular weight is 260 g/mol. The molecular weight excluding hydrogens is 251 g/mol. The van der Waals surface area contributed by atoms with E-state index in [4.69, 9.17) is 29.7 Å². The fourth-order valence-corrected chi connectivity index (χ4v) is 0. The molecule has 0 amide bonds. The first kappa shape index (κ1) is 29.9. The van der Waals surface area contributed by atoms with E-state index in [2.05, 4.69) is 19.7 Å². The Bertz CT molecular complexity index is 221. The molecule has 0 aliphatic rings. The van der Waals surface area contributed by atoms with Crippen molar-refractivity contribution in [3.05, 3.63) is 38.0 Å². The standard InChI is InChI=1S/3C3H4O2.Mg.Na/c3*1-2-3(4)5;;/h3*2H,1H2,(H,4,5);;/q;;;+2;+1/p-3. The Labute approximate surface area is 137 Å². The molecule has 0 aliphatic heterocycles. The van der Waals surface area contributed by atoms with Crippen LogP contribution in [0, 0.1) is 0 Å². The van der Waals surface area contributed by atoms with Crippen LogP contribution in [0.3, 0.4) is 0 Å². The molecule has 0 aliphatic carbocycles. The van der Waals surface area contributed by atoms with Gasteiger partial charge in [0.25, 0.3) is 0 Å². The zero-order valence-electron chi connectivity index (χ0n) is 9.51. The number of carboxylic acid groups (broad SMARTS) is 3. The zero-order valence-corrected chi connectivity index (χ0v) is 12.9. The van der Waals surface area contributed by atoms with E-state index in [0.717, 1.165) is 18.2 Å². The minimum atomic E-state index is -1.23. The van der Waals surface area contributed by atoms with Gasteiger partial charge in [-0.05, 0) is 18.2 Å². The predicted molar refractivity (Wildman–Crippen MR) is 51.4 cm³/mol. The van der Waals surface area contributed by atoms with Crippen molar-refractivity contribution in [2.45, 2.75) is 0 Å². The van der Waals surface area contributed by atoms with Gasteiger partial charge in [0.15, 0.2) is 0 Å². The van der Waals surface area contributed by atoms with Gasteiger partial charge in [-0.25, -0.2) is 0 Å². The van der Waals surface area contributed by atoms with Crippen LogP contribution in [0.4, 0.5) is 0 Å². The maximum Gasteiger partial charge on any atom is 2.00 e. The van der Waals surface area contributed by atoms with E-state index in [-0.39, 0.29) is 52.6 Å². The summed E-state index contributed by atoms with van der Waals surface area (Å²) in [5, 5.41) is 27.4. The van der Waals surface area contributed by atoms with Gasteiger partial charge in [-0.15, -0.1) is 0 Å². The molecule has 0 heterocycles. The molecule has 0 aromatic rings. The molecule has 6 nitrogen and oxygen atoms in total. The quantitative estimate of drug-likeness (QED) is 0.367. The fourth-order valence-electron chi connectivity index (χ4n) is 0. The van der Waals surface area contributed by atoms with Crippen LogP contribution in [0.15, 0.2) is 38.0 Å². The van der Waals surface area contributed by atoms with Gasteiger partial charge in [-0.3, -0.25) is 0 Å². The Hall–Kier alpha value is -0.604. The molecule has 0 atom stereocenters. The first-order chi connectivity index (χ1) is 6.81. The molecule has 8 heteroatoms. The largest absolute Gasteiger partial charge is 2.00 e. The summed E-state index contributed by atoms with van der Waals surface area (Å²) in [5.74, 6) is -3.69. The monoisotopic (exact) mass is 260 g/mol. The van der Waals surface area contributed by atoms with Gasteiger partial charge in [0.05, 0.1) is 17.9 Å². The van der Waals surface area contributed by atoms with Gasteiger partial charge in [-0.1, -0.05) is 19.7 Å². The predicted octanol–water partition coefficient (Wildman–Crippen LogP) is -6.61. The van der Waals surface area contributed by atoms with Crippen LogP contribution >= 0.6 is 0 Å². The van der Waals surface area contributed by atoms with Gasteiger partial charge in [0.2, 0.25) is 0 Å². The minimum absolute atomic E-state index is 0. The van der Waals surface area contributed by atoms with Crippen LogP contribution in [-0.2, 0) is 14.4 Å². The van der Waals surface area contributed by atoms with Crippen molar-refractivity contribution >= 4 is 41.0 Å². The summed E-state index contributed by atoms with van der Waals surface area (Å²) >= 11 is 0. The average Bonchev–Trinajstić information content (AvgIpc) is 2.19. The molecule has 0 N–H and O–H groups in total. The van der Waals surface area contributed by atoms with Crippen molar-refractivity contribution in [3.63, 3.8) is 0 Å². The molecule has 0 radical (unpaired) electrons. The number of carboxylic acids is 3. The molecule has 0 fully saturated rings. The van der Waals surface area contributed by atoms with E-state index in [9.17, 15) is 0 Å². The Balaban J connectivity index is -0.0000000400. The fraction of sp³-hybridized carbons (Fsp3) is 0. The van der Waals surface area contributed by atoms with Crippen molar-refractivity contribution in [3.8, 4) is 0 Å². The second-order valence-corrected chi connectivity index (χ2v) is 1.57. The second-order valence-electron chi connectivity index (χ2n) is 1.57. The Morgan fingerprint density at radius 1 is 0.706 bits per heavy atom. The number of hydrogen-bond acceptors (Lipinski definition) is 6. The first-order valence-corrected chi connectivity index (χ1v) is 3.32. The molecule has 0 saturated carbocycles. The summed E-state index contributed by atoms with van der Waals surface area (Å²) in [4.78, 5) is 27.4. The SMILES string of the molecule is C=CC(=O)[O-].C=CC(=O)[O-].C=CC(=O)[O-].[Mg+2].[Na+]. The van der Waals surface area contributed by atoms with Crippen molar-refractivity contribution < 1.29 is 59.3 Å². The van der Waals surface area contributed by atoms with Crippen LogP contribution in [0.1, 0.15) is 0 Å². The smallest absolute Gasteiger partial charge is 0.545 e. The van der Waals surface area contributed by atoms with E-state index in [0.29, 0.717) is 0 Å². The van der Waals surface area contributed by atoms with Crippen molar-refractivity contribution in [1.82, 2.24) is 0 Å². The zero-order chi connectivity index (χ0) is 12.9. The van der Waals surface area contributed by atoms with Gasteiger partial charge < -0.3 is 29.7 Å². The molecule has 0 rings (SSSR count). The van der Waals surface area contributed by atoms with Crippen molar-refractivity contribution in [1.29, 1.82) is 0 Å². The van der Waals surface area contributed by atoms with E-state index >= 15 is 0 Å². The molecule has 17 heavy (non-hydrogen) atoms. The summed E-state index contributed by atoms with van der Waals surface area (Å²) < 4.78 is 0. The van der Waals surface area contributed by atoms with Gasteiger partial charge in [-0.2, -0.15) is 0 Å². The number of rotatable bonds is 3. The summed E-state index contributed by atoms with van der Waals surface area (Å²) in [5.41, 5.74) is 0. The van der Waals surface area contributed by atoms with E-state index < -0.39 is 17.9 Å². The first-order valence-electron chi connectivity index (χ1n) is 3.32. The minimum Gasteiger partial charge on any atom is -0.545 e. The van der Waals surface area contributed by atoms with Crippen LogP contribution in [0.2, 0.25) is 0 Å². The number of carbonyl (C=O) groups excluding carboxylic acids is 3. The van der Waals surface area contributed by atoms with Crippen LogP contribution in [0.25, 0.3) is 0 Å². The van der Waals surface area contributed by atoms with E-state index in [1.807, 2.05) is 0 Å². The molecule has 0 bridgehead atoms. The summed E-state index contributed by atoms with van der Waals surface area (Å²) in [6.45, 7) is 8.69. The topological polar surface area (TPSA) is 120 Å². The van der Waals surface area contributed by atoms with Crippen molar-refractivity contribution in [2.75, 3.05) is 0 Å². The number of aliphatic carboxylic acids is 3. The third kappa shape index (κ3) is 94.9. The van der Waals surface area contributed by atoms with Crippen LogP contribution in [0.5, 0.6) is 0 Å². The third-order valence-electron chi connectivity index (χ3n) is 0.500. The number of hydrogen-bond donors (Lipinski definition) is 0. The van der Waals surface area contributed by atoms with E-state index in [1.165, 1.54) is 0 Å². The molecule has 0 aromatic heterocycles. The third-order valence-corrected chi connectivity index (χ3v) is 0.500. The van der Waals surface area contributed by atoms with Crippen LogP contribution < -0.4 is 44.9 Å². The van der Waals surface area contributed by atoms with Gasteiger partial charge in [0, 0.05) is 0 Å². The van der Waals surface area contributed by atoms with E-state index in [1.54, 1.807) is 0 Å². The second kappa shape index (κ2) is 24.6. The summed E-state index contributed by atoms with van der Waals surface area (Å²) in [6.07, 6.45) is 2.17. The van der Waals surface area contributed by atoms with Gasteiger partial charge in [0.1, 0.15) is 0 Å². The Kier molecular flexibility index (Phi) is 43.3. The normalized spacial score (nSPS) is 5.65. The molecule has 0 spiro atoms. The Morgan fingerprint density at radius 2 is 0.765 bits per heavy atom. The summed E-state index contributed by atoms with van der Waals surface area (Å²) in [7, 11) is 0. The molecule has 84 valence electrons. The van der Waals surface area contributed by atoms with Gasteiger partial charge >= 0.3 is 52.6 Å². The molecule has 0 unspecified atom stereocenters. The Morgan fingerprint density at radius 3 is 0.765 bits per heavy atom. The summed E-state index contributed by atoms with van der Waals surface area (Å²) in [6, 6.07) is 0. The van der Waals surface area contributed by atoms with Crippen molar-refractivity contribution in [2.24, 2.45) is 0 Å². The number of carbonyl (C=O) groups is 3.